The number of phenols is 2. The summed E-state index contributed by atoms with van der Waals surface area (Å²) in [6, 6.07) is 4.45. The molecule has 7 rings (SSSR count). The van der Waals surface area contributed by atoms with Gasteiger partial charge < -0.3 is 29.9 Å². The first-order valence-electron chi connectivity index (χ1n) is 13.3. The Morgan fingerprint density at radius 2 is 1.59 bits per heavy atom. The van der Waals surface area contributed by atoms with E-state index in [2.05, 4.69) is 0 Å². The van der Waals surface area contributed by atoms with Crippen LogP contribution in [0.15, 0.2) is 18.2 Å². The summed E-state index contributed by atoms with van der Waals surface area (Å²) < 4.78 is 5.29. The molecule has 0 saturated carbocycles. The Morgan fingerprint density at radius 3 is 2.26 bits per heavy atom. The Kier molecular flexibility index (Phi) is 6.10. The molecule has 204 valence electrons. The molecule has 3 N–H and O–H groups in total. The monoisotopic (exact) mass is 534 g/mol. The molecule has 3 unspecified atom stereocenters. The zero-order valence-corrected chi connectivity index (χ0v) is 21.6. The van der Waals surface area contributed by atoms with Gasteiger partial charge in [-0.3, -0.25) is 19.2 Å². The van der Waals surface area contributed by atoms with Gasteiger partial charge in [-0.1, -0.05) is 12.1 Å². The number of hydrogen-bond acceptors (Lipinski definition) is 8. The van der Waals surface area contributed by atoms with E-state index in [1.807, 2.05) is 4.90 Å². The predicted octanol–water partition coefficient (Wildman–Crippen LogP) is 1.57. The summed E-state index contributed by atoms with van der Waals surface area (Å²) in [4.78, 5) is 56.6. The quantitative estimate of drug-likeness (QED) is 0.428. The SMILES string of the molecule is COc1cccc2c1C(=O)c1c(O)c3c(c(O)c1C2=O)CC(C(=O)N1CC2CCC1CN2C(=O)CCO)CC3. The van der Waals surface area contributed by atoms with Crippen LogP contribution in [0, 0.1) is 5.92 Å². The van der Waals surface area contributed by atoms with Crippen molar-refractivity contribution in [2.45, 2.75) is 50.6 Å². The van der Waals surface area contributed by atoms with Crippen molar-refractivity contribution in [1.82, 2.24) is 9.80 Å². The number of carbonyl (C=O) groups excluding carboxylic acids is 4. The summed E-state index contributed by atoms with van der Waals surface area (Å²) in [7, 11) is 1.39. The summed E-state index contributed by atoms with van der Waals surface area (Å²) in [5.74, 6) is -2.28. The van der Waals surface area contributed by atoms with Crippen LogP contribution in [0.2, 0.25) is 0 Å². The number of benzene rings is 2. The molecule has 0 spiro atoms. The first kappa shape index (κ1) is 25.4. The second-order valence-electron chi connectivity index (χ2n) is 10.8. The van der Waals surface area contributed by atoms with Crippen molar-refractivity contribution in [2.75, 3.05) is 26.8 Å². The van der Waals surface area contributed by atoms with Crippen LogP contribution in [0.25, 0.3) is 0 Å². The minimum absolute atomic E-state index is 0.0580. The van der Waals surface area contributed by atoms with Crippen LogP contribution in [-0.4, -0.2) is 87.4 Å². The van der Waals surface area contributed by atoms with Gasteiger partial charge >= 0.3 is 0 Å². The Bertz CT molecular complexity index is 1430. The average Bonchev–Trinajstić information content (AvgIpc) is 2.96. The molecule has 3 fully saturated rings. The number of phenolic OH excluding ortho intramolecular Hbond substituents is 2. The average molecular weight is 535 g/mol. The van der Waals surface area contributed by atoms with Gasteiger partial charge in [-0.25, -0.2) is 0 Å². The highest BCUT2D eigenvalue weighted by Crippen LogP contribution is 2.48. The maximum atomic E-state index is 13.7. The van der Waals surface area contributed by atoms with Crippen LogP contribution in [-0.2, 0) is 22.4 Å². The highest BCUT2D eigenvalue weighted by atomic mass is 16.5. The summed E-state index contributed by atoms with van der Waals surface area (Å²) >= 11 is 0. The first-order valence-corrected chi connectivity index (χ1v) is 13.3. The molecular formula is C29H30N2O8. The van der Waals surface area contributed by atoms with E-state index in [1.165, 1.54) is 13.2 Å². The lowest BCUT2D eigenvalue weighted by molar-refractivity contribution is -0.155. The number of rotatable bonds is 4. The summed E-state index contributed by atoms with van der Waals surface area (Å²) in [6.45, 7) is 0.665. The molecule has 3 aliphatic heterocycles. The first-order chi connectivity index (χ1) is 18.8. The van der Waals surface area contributed by atoms with Crippen LogP contribution in [0.3, 0.4) is 0 Å². The van der Waals surface area contributed by atoms with Gasteiger partial charge in [-0.05, 0) is 38.2 Å². The molecule has 39 heavy (non-hydrogen) atoms. The Balaban J connectivity index is 1.30. The maximum Gasteiger partial charge on any atom is 0.226 e. The summed E-state index contributed by atoms with van der Waals surface area (Å²) in [5.41, 5.74) is 0.400. The molecule has 3 heterocycles. The van der Waals surface area contributed by atoms with Crippen LogP contribution < -0.4 is 4.74 Å². The van der Waals surface area contributed by atoms with Crippen molar-refractivity contribution in [2.24, 2.45) is 5.92 Å². The number of ether oxygens (including phenoxy) is 1. The molecule has 3 atom stereocenters. The number of nitrogens with zero attached hydrogens (tertiary/aromatic N) is 2. The van der Waals surface area contributed by atoms with Crippen molar-refractivity contribution in [3.05, 3.63) is 51.6 Å². The Morgan fingerprint density at radius 1 is 0.923 bits per heavy atom. The molecule has 0 radical (unpaired) electrons. The third-order valence-corrected chi connectivity index (χ3v) is 8.83. The summed E-state index contributed by atoms with van der Waals surface area (Å²) in [5, 5.41) is 31.6. The van der Waals surface area contributed by atoms with E-state index in [0.29, 0.717) is 30.6 Å². The van der Waals surface area contributed by atoms with E-state index in [4.69, 9.17) is 9.84 Å². The Labute approximate surface area is 224 Å². The standard InChI is InChI=1S/C29H30N2O8/c1-39-20-4-2-3-18-22(20)28(37)24-23(26(18)35)27(36)19-11-14(5-8-17(19)25(24)34)29(38)31-13-15-6-7-16(31)12-30(15)21(33)9-10-32/h2-4,14-16,32,34,36H,5-13H2,1H3. The number of aliphatic hydroxyl groups excluding tert-OH is 1. The van der Waals surface area contributed by atoms with Gasteiger partial charge in [0, 0.05) is 54.2 Å². The molecule has 3 saturated heterocycles. The van der Waals surface area contributed by atoms with E-state index in [1.54, 1.807) is 17.0 Å². The molecule has 2 amide bonds. The number of piperazine rings is 1. The predicted molar refractivity (Wildman–Crippen MR) is 137 cm³/mol. The number of aliphatic hydroxyl groups is 1. The third kappa shape index (κ3) is 3.72. The smallest absolute Gasteiger partial charge is 0.226 e. The van der Waals surface area contributed by atoms with E-state index < -0.39 is 17.5 Å². The minimum atomic E-state index is -0.588. The van der Waals surface area contributed by atoms with Crippen molar-refractivity contribution in [3.63, 3.8) is 0 Å². The zero-order valence-electron chi connectivity index (χ0n) is 21.6. The van der Waals surface area contributed by atoms with Gasteiger partial charge in [0.25, 0.3) is 0 Å². The van der Waals surface area contributed by atoms with E-state index in [-0.39, 0.29) is 89.3 Å². The highest BCUT2D eigenvalue weighted by molar-refractivity contribution is 6.31. The van der Waals surface area contributed by atoms with Gasteiger partial charge in [0.2, 0.25) is 17.6 Å². The van der Waals surface area contributed by atoms with E-state index >= 15 is 0 Å². The molecule has 2 aromatic carbocycles. The molecular weight excluding hydrogens is 504 g/mol. The fraction of sp³-hybridized carbons (Fsp3) is 0.448. The van der Waals surface area contributed by atoms with Gasteiger partial charge in [0.15, 0.2) is 5.78 Å². The largest absolute Gasteiger partial charge is 0.507 e. The number of fused-ring (bicyclic) bond motifs is 6. The minimum Gasteiger partial charge on any atom is -0.507 e. The van der Waals surface area contributed by atoms with Gasteiger partial charge in [0.05, 0.1) is 30.4 Å². The van der Waals surface area contributed by atoms with Gasteiger partial charge in [0.1, 0.15) is 17.2 Å². The van der Waals surface area contributed by atoms with Crippen LogP contribution >= 0.6 is 0 Å². The number of carbonyl (C=O) groups is 4. The lowest BCUT2D eigenvalue weighted by Crippen LogP contribution is -2.66. The molecule has 10 heteroatoms. The number of piperidine rings is 2. The van der Waals surface area contributed by atoms with Crippen LogP contribution in [0.5, 0.6) is 17.2 Å². The second-order valence-corrected chi connectivity index (χ2v) is 10.8. The third-order valence-electron chi connectivity index (χ3n) is 8.83. The molecule has 2 bridgehead atoms. The molecule has 5 aliphatic rings. The van der Waals surface area contributed by atoms with Crippen molar-refractivity contribution >= 4 is 23.4 Å². The van der Waals surface area contributed by atoms with Crippen LogP contribution in [0.1, 0.15) is 68.7 Å². The van der Waals surface area contributed by atoms with Crippen molar-refractivity contribution in [3.8, 4) is 17.2 Å². The maximum absolute atomic E-state index is 13.7. The second kappa shape index (κ2) is 9.37. The number of ketones is 2. The van der Waals surface area contributed by atoms with Crippen molar-refractivity contribution in [1.29, 1.82) is 0 Å². The lowest BCUT2D eigenvalue weighted by atomic mass is 9.75. The molecule has 0 aromatic heterocycles. The molecule has 2 aliphatic carbocycles. The van der Waals surface area contributed by atoms with Gasteiger partial charge in [-0.2, -0.15) is 0 Å². The Hall–Kier alpha value is -3.92. The number of methoxy groups -OCH3 is 1. The number of amides is 2. The molecule has 2 aromatic rings. The van der Waals surface area contributed by atoms with Crippen LogP contribution in [0.4, 0.5) is 0 Å². The highest BCUT2D eigenvalue weighted by Gasteiger charge is 2.46. The number of aromatic hydroxyl groups is 2. The van der Waals surface area contributed by atoms with Gasteiger partial charge in [-0.15, -0.1) is 0 Å². The molecule has 10 nitrogen and oxygen atoms in total. The zero-order chi connectivity index (χ0) is 27.6. The van der Waals surface area contributed by atoms with Crippen molar-refractivity contribution < 1.29 is 39.2 Å². The lowest BCUT2D eigenvalue weighted by Gasteiger charge is -2.52. The number of hydrogen-bond donors (Lipinski definition) is 3. The fourth-order valence-electron chi connectivity index (χ4n) is 6.90. The topological polar surface area (TPSA) is 145 Å². The summed E-state index contributed by atoms with van der Waals surface area (Å²) in [6.07, 6.45) is 2.49. The van der Waals surface area contributed by atoms with E-state index in [9.17, 15) is 29.4 Å². The normalized spacial score (nSPS) is 23.3. The fourth-order valence-corrected chi connectivity index (χ4v) is 6.90. The van der Waals surface area contributed by atoms with E-state index in [0.717, 1.165) is 12.8 Å².